The zero-order valence-corrected chi connectivity index (χ0v) is 15.7. The Labute approximate surface area is 165 Å². The Morgan fingerprint density at radius 1 is 1.28 bits per heavy atom. The molecule has 7 nitrogen and oxygen atoms in total. The molecule has 144 valence electrons. The zero-order chi connectivity index (χ0) is 21.1. The van der Waals surface area contributed by atoms with Crippen molar-refractivity contribution < 1.29 is 9.18 Å². The Kier molecular flexibility index (Phi) is 5.38. The quantitative estimate of drug-likeness (QED) is 0.710. The van der Waals surface area contributed by atoms with Gasteiger partial charge in [0.05, 0.1) is 34.8 Å². The Balaban J connectivity index is 1.89. The number of amides is 1. The van der Waals surface area contributed by atoms with Crippen molar-refractivity contribution in [2.24, 2.45) is 0 Å². The summed E-state index contributed by atoms with van der Waals surface area (Å²) in [4.78, 5) is 31.7. The molecular formula is C21H16FN5O2. The number of aryl methyl sites for hydroxylation is 1. The largest absolute Gasteiger partial charge is 0.348 e. The van der Waals surface area contributed by atoms with Gasteiger partial charge in [-0.05, 0) is 43.7 Å². The second-order valence-corrected chi connectivity index (χ2v) is 6.56. The van der Waals surface area contributed by atoms with Crippen LogP contribution in [0.15, 0.2) is 35.3 Å². The minimum atomic E-state index is -0.689. The minimum Gasteiger partial charge on any atom is -0.348 e. The highest BCUT2D eigenvalue weighted by Crippen LogP contribution is 2.24. The third-order valence-corrected chi connectivity index (χ3v) is 4.69. The van der Waals surface area contributed by atoms with E-state index in [-0.39, 0.29) is 22.9 Å². The normalized spacial score (nSPS) is 11.5. The molecular weight excluding hydrogens is 373 g/mol. The monoisotopic (exact) mass is 389 g/mol. The van der Waals surface area contributed by atoms with E-state index >= 15 is 0 Å². The van der Waals surface area contributed by atoms with Crippen molar-refractivity contribution in [3.63, 3.8) is 0 Å². The zero-order valence-electron chi connectivity index (χ0n) is 15.7. The molecule has 0 saturated heterocycles. The summed E-state index contributed by atoms with van der Waals surface area (Å²) in [5, 5.41) is 21.1. The minimum absolute atomic E-state index is 0.164. The number of hydrogen-bond donors (Lipinski definition) is 2. The maximum absolute atomic E-state index is 14.0. The van der Waals surface area contributed by atoms with Gasteiger partial charge in [-0.1, -0.05) is 0 Å². The van der Waals surface area contributed by atoms with E-state index in [1.807, 2.05) is 12.1 Å². The SMILES string of the molecule is Cc1c(CC(=O)N[C@H](C)c2ccc(C#N)cn2)c(=O)[nH]c2ccc(F)c(C#N)c12. The third kappa shape index (κ3) is 3.83. The Hall–Kier alpha value is -4.04. The molecule has 0 unspecified atom stereocenters. The molecule has 3 aromatic rings. The first-order valence-electron chi connectivity index (χ1n) is 8.75. The molecule has 1 aromatic carbocycles. The molecule has 0 spiro atoms. The number of H-pyrrole nitrogens is 1. The van der Waals surface area contributed by atoms with Gasteiger partial charge in [0.25, 0.3) is 5.56 Å². The fraction of sp³-hybridized carbons (Fsp3) is 0.190. The summed E-state index contributed by atoms with van der Waals surface area (Å²) in [6.45, 7) is 3.32. The Morgan fingerprint density at radius 2 is 2.03 bits per heavy atom. The molecule has 2 N–H and O–H groups in total. The average molecular weight is 389 g/mol. The second kappa shape index (κ2) is 7.91. The summed E-state index contributed by atoms with van der Waals surface area (Å²) in [6, 6.07) is 9.09. The smallest absolute Gasteiger partial charge is 0.252 e. The predicted octanol–water partition coefficient (Wildman–Crippen LogP) is 2.53. The molecule has 0 radical (unpaired) electrons. The van der Waals surface area contributed by atoms with E-state index in [1.165, 1.54) is 12.3 Å². The number of carbonyl (C=O) groups excluding carboxylic acids is 1. The van der Waals surface area contributed by atoms with Crippen LogP contribution in [0.1, 0.15) is 40.9 Å². The van der Waals surface area contributed by atoms with Gasteiger partial charge in [-0.3, -0.25) is 14.6 Å². The van der Waals surface area contributed by atoms with E-state index in [4.69, 9.17) is 5.26 Å². The number of rotatable bonds is 4. The molecule has 29 heavy (non-hydrogen) atoms. The van der Waals surface area contributed by atoms with Crippen molar-refractivity contribution in [1.29, 1.82) is 10.5 Å². The number of pyridine rings is 2. The van der Waals surface area contributed by atoms with E-state index in [0.717, 1.165) is 6.07 Å². The van der Waals surface area contributed by atoms with Crippen LogP contribution in [0, 0.1) is 35.4 Å². The predicted molar refractivity (Wildman–Crippen MR) is 103 cm³/mol. The van der Waals surface area contributed by atoms with Crippen LogP contribution in [-0.2, 0) is 11.2 Å². The Bertz CT molecular complexity index is 1250. The number of nitrogens with zero attached hydrogens (tertiary/aromatic N) is 3. The molecule has 2 heterocycles. The molecule has 1 amide bonds. The van der Waals surface area contributed by atoms with Crippen LogP contribution in [0.4, 0.5) is 4.39 Å². The summed E-state index contributed by atoms with van der Waals surface area (Å²) < 4.78 is 14.0. The third-order valence-electron chi connectivity index (χ3n) is 4.69. The van der Waals surface area contributed by atoms with E-state index in [1.54, 1.807) is 26.0 Å². The first-order valence-corrected chi connectivity index (χ1v) is 8.75. The maximum atomic E-state index is 14.0. The van der Waals surface area contributed by atoms with Crippen molar-refractivity contribution in [3.8, 4) is 12.1 Å². The maximum Gasteiger partial charge on any atom is 0.252 e. The van der Waals surface area contributed by atoms with Crippen LogP contribution in [0.2, 0.25) is 0 Å². The lowest BCUT2D eigenvalue weighted by Gasteiger charge is -2.15. The fourth-order valence-electron chi connectivity index (χ4n) is 3.17. The van der Waals surface area contributed by atoms with Gasteiger partial charge in [-0.2, -0.15) is 10.5 Å². The van der Waals surface area contributed by atoms with Crippen LogP contribution in [0.3, 0.4) is 0 Å². The highest BCUT2D eigenvalue weighted by atomic mass is 19.1. The van der Waals surface area contributed by atoms with E-state index in [2.05, 4.69) is 15.3 Å². The molecule has 0 saturated carbocycles. The number of aromatic nitrogens is 2. The van der Waals surface area contributed by atoms with E-state index < -0.39 is 23.3 Å². The van der Waals surface area contributed by atoms with E-state index in [0.29, 0.717) is 22.3 Å². The van der Waals surface area contributed by atoms with Gasteiger partial charge in [0.15, 0.2) is 0 Å². The molecule has 1 atom stereocenters. The summed E-state index contributed by atoms with van der Waals surface area (Å²) in [6.07, 6.45) is 1.17. The number of benzene rings is 1. The van der Waals surface area contributed by atoms with Crippen molar-refractivity contribution in [1.82, 2.24) is 15.3 Å². The van der Waals surface area contributed by atoms with Gasteiger partial charge >= 0.3 is 0 Å². The van der Waals surface area contributed by atoms with Crippen LogP contribution in [0.5, 0.6) is 0 Å². The number of hydrogen-bond acceptors (Lipinski definition) is 5. The summed E-state index contributed by atoms with van der Waals surface area (Å²) in [5.74, 6) is -1.11. The number of nitrogens with one attached hydrogen (secondary N) is 2. The summed E-state index contributed by atoms with van der Waals surface area (Å²) >= 11 is 0. The fourth-order valence-corrected chi connectivity index (χ4v) is 3.17. The van der Waals surface area contributed by atoms with Gasteiger partial charge in [0.1, 0.15) is 18.0 Å². The lowest BCUT2D eigenvalue weighted by atomic mass is 9.98. The average Bonchev–Trinajstić information content (AvgIpc) is 2.71. The van der Waals surface area contributed by atoms with Crippen molar-refractivity contribution in [2.75, 3.05) is 0 Å². The van der Waals surface area contributed by atoms with Gasteiger partial charge in [0.2, 0.25) is 5.91 Å². The highest BCUT2D eigenvalue weighted by Gasteiger charge is 2.19. The number of aromatic amines is 1. The molecule has 8 heteroatoms. The summed E-state index contributed by atoms with van der Waals surface area (Å²) in [7, 11) is 0. The molecule has 3 rings (SSSR count). The standard InChI is InChI=1S/C21H16FN5O2/c1-11-14(21(29)27-18-6-4-16(22)15(9-24)20(11)18)7-19(28)26-12(2)17-5-3-13(8-23)10-25-17/h3-6,10,12H,7H2,1-2H3,(H,26,28)(H,27,29)/t12-/m1/s1. The van der Waals surface area contributed by atoms with Crippen LogP contribution < -0.4 is 10.9 Å². The molecule has 2 aromatic heterocycles. The number of nitriles is 2. The van der Waals surface area contributed by atoms with Crippen LogP contribution in [0.25, 0.3) is 10.9 Å². The van der Waals surface area contributed by atoms with Crippen molar-refractivity contribution >= 4 is 16.8 Å². The van der Waals surface area contributed by atoms with Gasteiger partial charge < -0.3 is 10.3 Å². The Morgan fingerprint density at radius 3 is 2.66 bits per heavy atom. The molecule has 0 aliphatic heterocycles. The summed E-state index contributed by atoms with van der Waals surface area (Å²) in [5.41, 5.74) is 1.22. The second-order valence-electron chi connectivity index (χ2n) is 6.56. The van der Waals surface area contributed by atoms with Gasteiger partial charge in [0, 0.05) is 17.1 Å². The lowest BCUT2D eigenvalue weighted by molar-refractivity contribution is -0.121. The lowest BCUT2D eigenvalue weighted by Crippen LogP contribution is -2.31. The van der Waals surface area contributed by atoms with Crippen molar-refractivity contribution in [3.05, 3.63) is 74.6 Å². The molecule has 0 bridgehead atoms. The van der Waals surface area contributed by atoms with Crippen molar-refractivity contribution in [2.45, 2.75) is 26.3 Å². The topological polar surface area (TPSA) is 122 Å². The van der Waals surface area contributed by atoms with Crippen LogP contribution >= 0.6 is 0 Å². The van der Waals surface area contributed by atoms with Gasteiger partial charge in [-0.25, -0.2) is 4.39 Å². The molecule has 0 aliphatic carbocycles. The first-order chi connectivity index (χ1) is 13.8. The first kappa shape index (κ1) is 19.7. The molecule has 0 aliphatic rings. The van der Waals surface area contributed by atoms with Gasteiger partial charge in [-0.15, -0.1) is 0 Å². The number of carbonyl (C=O) groups is 1. The number of fused-ring (bicyclic) bond motifs is 1. The molecule has 0 fully saturated rings. The van der Waals surface area contributed by atoms with E-state index in [9.17, 15) is 19.2 Å². The number of halogens is 1. The van der Waals surface area contributed by atoms with Crippen LogP contribution in [-0.4, -0.2) is 15.9 Å². The highest BCUT2D eigenvalue weighted by molar-refractivity contribution is 5.90.